The van der Waals surface area contributed by atoms with E-state index < -0.39 is 68.3 Å². The van der Waals surface area contributed by atoms with Gasteiger partial charge in [0.1, 0.15) is 16.7 Å². The lowest BCUT2D eigenvalue weighted by Gasteiger charge is -2.39. The van der Waals surface area contributed by atoms with Crippen LogP contribution in [0, 0.1) is 0 Å². The van der Waals surface area contributed by atoms with E-state index in [1.165, 1.54) is 11.0 Å². The Morgan fingerprint density at radius 1 is 1.21 bits per heavy atom. The maximum atomic E-state index is 12.8. The van der Waals surface area contributed by atoms with Gasteiger partial charge in [0.2, 0.25) is 5.91 Å². The number of carbonyl (C=O) groups is 4. The van der Waals surface area contributed by atoms with Gasteiger partial charge >= 0.3 is 12.1 Å². The molecule has 4 rings (SSSR count). The zero-order valence-electron chi connectivity index (χ0n) is 17.3. The molecule has 3 amide bonds. The number of carbonyl (C=O) groups excluding carboxylic acids is 3. The standard InChI is InChI=1S/C19H21N3O10S/c1-19(15(17(27)28)22-13(25)5-14(22)33(19,30)31)8-32-18(29)21-6-10(7-21)20-16(26)9-2-3-11(23)12(24)4-9/h2-4,10,14-15,23-24H,5-8H2,1H3,(H,20,26)(H,27,28)/t14-,15+,19+/m1/s1. The topological polar surface area (TPSA) is 191 Å². The van der Waals surface area contributed by atoms with E-state index in [0.717, 1.165) is 24.0 Å². The molecular weight excluding hydrogens is 462 g/mol. The number of likely N-dealkylation sites (tertiary alicyclic amines) is 1. The fraction of sp³-hybridized carbons (Fsp3) is 0.474. The lowest BCUT2D eigenvalue weighted by atomic mass is 9.97. The summed E-state index contributed by atoms with van der Waals surface area (Å²) in [6, 6.07) is 1.47. The summed E-state index contributed by atoms with van der Waals surface area (Å²) in [5.41, 5.74) is 0.101. The third-order valence-corrected chi connectivity index (χ3v) is 8.99. The number of carboxylic acids is 1. The van der Waals surface area contributed by atoms with E-state index in [1.807, 2.05) is 0 Å². The van der Waals surface area contributed by atoms with Gasteiger partial charge < -0.3 is 35.2 Å². The van der Waals surface area contributed by atoms with Crippen molar-refractivity contribution in [2.45, 2.75) is 35.5 Å². The Labute approximate surface area is 187 Å². The van der Waals surface area contributed by atoms with Crippen molar-refractivity contribution in [3.05, 3.63) is 23.8 Å². The van der Waals surface area contributed by atoms with Crippen LogP contribution in [-0.2, 0) is 24.2 Å². The average molecular weight is 483 g/mol. The number of nitrogens with zero attached hydrogens (tertiary/aromatic N) is 2. The Balaban J connectivity index is 1.33. The van der Waals surface area contributed by atoms with Crippen molar-refractivity contribution in [3.63, 3.8) is 0 Å². The summed E-state index contributed by atoms with van der Waals surface area (Å²) >= 11 is 0. The van der Waals surface area contributed by atoms with E-state index in [1.54, 1.807) is 0 Å². The highest BCUT2D eigenvalue weighted by Crippen LogP contribution is 2.46. The van der Waals surface area contributed by atoms with E-state index in [2.05, 4.69) is 5.32 Å². The Kier molecular flexibility index (Phi) is 5.15. The van der Waals surface area contributed by atoms with E-state index in [-0.39, 0.29) is 30.8 Å². The fourth-order valence-electron chi connectivity index (χ4n) is 4.22. The number of fused-ring (bicyclic) bond motifs is 1. The van der Waals surface area contributed by atoms with Crippen LogP contribution >= 0.6 is 0 Å². The number of nitrogens with one attached hydrogen (secondary N) is 1. The van der Waals surface area contributed by atoms with Crippen LogP contribution < -0.4 is 5.32 Å². The van der Waals surface area contributed by atoms with E-state index in [4.69, 9.17) is 4.74 Å². The number of amides is 3. The quantitative estimate of drug-likeness (QED) is 0.294. The van der Waals surface area contributed by atoms with Crippen LogP contribution in [0.25, 0.3) is 0 Å². The predicted molar refractivity (Wildman–Crippen MR) is 108 cm³/mol. The highest BCUT2D eigenvalue weighted by Gasteiger charge is 2.70. The normalized spacial score (nSPS) is 27.8. The second-order valence-corrected chi connectivity index (χ2v) is 11.0. The minimum absolute atomic E-state index is 0.0632. The van der Waals surface area contributed by atoms with Crippen LogP contribution in [0.2, 0.25) is 0 Å². The molecule has 178 valence electrons. The molecule has 0 saturated carbocycles. The monoisotopic (exact) mass is 483 g/mol. The summed E-state index contributed by atoms with van der Waals surface area (Å²) in [5, 5.41) is 29.7. The highest BCUT2D eigenvalue weighted by molar-refractivity contribution is 7.94. The molecule has 33 heavy (non-hydrogen) atoms. The summed E-state index contributed by atoms with van der Waals surface area (Å²) < 4.78 is 28.7. The SMILES string of the molecule is C[C@]1(COC(=O)N2CC(NC(=O)c3ccc(O)c(O)c3)C2)[C@H](C(=O)O)N2C(=O)C[C@H]2S1(=O)=O. The number of hydrogen-bond acceptors (Lipinski definition) is 9. The van der Waals surface area contributed by atoms with Gasteiger partial charge in [-0.1, -0.05) is 0 Å². The molecule has 14 heteroatoms. The Morgan fingerprint density at radius 2 is 1.88 bits per heavy atom. The van der Waals surface area contributed by atoms with Crippen LogP contribution in [-0.4, -0.2) is 99.3 Å². The van der Waals surface area contributed by atoms with Crippen molar-refractivity contribution in [1.29, 1.82) is 0 Å². The largest absolute Gasteiger partial charge is 0.504 e. The first-order valence-electron chi connectivity index (χ1n) is 9.89. The Bertz CT molecular complexity index is 1160. The summed E-state index contributed by atoms with van der Waals surface area (Å²) in [7, 11) is -4.10. The lowest BCUT2D eigenvalue weighted by molar-refractivity contribution is -0.158. The molecule has 0 aliphatic carbocycles. The second kappa shape index (κ2) is 7.50. The zero-order chi connectivity index (χ0) is 24.3. The molecule has 3 atom stereocenters. The smallest absolute Gasteiger partial charge is 0.409 e. The Hall–Kier alpha value is -3.55. The number of β-lactam (4-membered cyclic amide) rings is 1. The molecule has 1 aromatic rings. The number of aliphatic carboxylic acids is 1. The average Bonchev–Trinajstić information content (AvgIpc) is 2.85. The van der Waals surface area contributed by atoms with Gasteiger partial charge in [0.25, 0.3) is 5.91 Å². The minimum Gasteiger partial charge on any atom is -0.504 e. The summed E-state index contributed by atoms with van der Waals surface area (Å²) in [4.78, 5) is 50.0. The van der Waals surface area contributed by atoms with Gasteiger partial charge in [-0.15, -0.1) is 0 Å². The molecule has 0 radical (unpaired) electrons. The number of rotatable bonds is 5. The third kappa shape index (κ3) is 3.41. The maximum Gasteiger partial charge on any atom is 0.409 e. The number of benzene rings is 1. The van der Waals surface area contributed by atoms with E-state index >= 15 is 0 Å². The van der Waals surface area contributed by atoms with Crippen LogP contribution in [0.5, 0.6) is 11.5 Å². The molecule has 0 aromatic heterocycles. The number of ether oxygens (including phenoxy) is 1. The van der Waals surface area contributed by atoms with Gasteiger partial charge in [-0.05, 0) is 25.1 Å². The first-order valence-corrected chi connectivity index (χ1v) is 11.4. The van der Waals surface area contributed by atoms with Gasteiger partial charge in [-0.3, -0.25) is 9.59 Å². The number of sulfone groups is 1. The van der Waals surface area contributed by atoms with Gasteiger partial charge in [-0.25, -0.2) is 18.0 Å². The lowest BCUT2D eigenvalue weighted by Crippen LogP contribution is -2.62. The van der Waals surface area contributed by atoms with Crippen LogP contribution in [0.3, 0.4) is 0 Å². The van der Waals surface area contributed by atoms with Crippen molar-refractivity contribution in [2.75, 3.05) is 19.7 Å². The molecule has 3 aliphatic rings. The van der Waals surface area contributed by atoms with Crippen molar-refractivity contribution in [2.24, 2.45) is 0 Å². The van der Waals surface area contributed by atoms with Crippen LogP contribution in [0.4, 0.5) is 4.79 Å². The predicted octanol–water partition coefficient (Wildman–Crippen LogP) is -1.15. The molecular formula is C19H21N3O10S. The number of phenolic OH excluding ortho intramolecular Hbond substituents is 2. The number of carboxylic acid groups (broad SMARTS) is 1. The zero-order valence-corrected chi connectivity index (χ0v) is 18.1. The van der Waals surface area contributed by atoms with E-state index in [0.29, 0.717) is 0 Å². The van der Waals surface area contributed by atoms with Crippen LogP contribution in [0.1, 0.15) is 23.7 Å². The molecule has 13 nitrogen and oxygen atoms in total. The minimum atomic E-state index is -4.10. The molecule has 3 heterocycles. The van der Waals surface area contributed by atoms with Crippen LogP contribution in [0.15, 0.2) is 18.2 Å². The number of phenols is 2. The maximum absolute atomic E-state index is 12.8. The molecule has 0 bridgehead atoms. The second-order valence-electron chi connectivity index (χ2n) is 8.39. The third-order valence-electron chi connectivity index (χ3n) is 6.24. The highest BCUT2D eigenvalue weighted by atomic mass is 32.2. The van der Waals surface area contributed by atoms with Gasteiger partial charge in [0.05, 0.1) is 12.5 Å². The fourth-order valence-corrected chi connectivity index (χ4v) is 6.49. The van der Waals surface area contributed by atoms with Crippen molar-refractivity contribution in [3.8, 4) is 11.5 Å². The summed E-state index contributed by atoms with van der Waals surface area (Å²) in [6.45, 7) is 0.527. The van der Waals surface area contributed by atoms with Crippen molar-refractivity contribution in [1.82, 2.24) is 15.1 Å². The van der Waals surface area contributed by atoms with Gasteiger partial charge in [0.15, 0.2) is 27.4 Å². The Morgan fingerprint density at radius 3 is 2.45 bits per heavy atom. The molecule has 3 aliphatic heterocycles. The van der Waals surface area contributed by atoms with Gasteiger partial charge in [0, 0.05) is 18.7 Å². The number of hydrogen-bond donors (Lipinski definition) is 4. The van der Waals surface area contributed by atoms with E-state index in [9.17, 15) is 42.9 Å². The van der Waals surface area contributed by atoms with Crippen molar-refractivity contribution >= 4 is 33.7 Å². The first-order chi connectivity index (χ1) is 15.4. The molecule has 3 saturated heterocycles. The molecule has 0 spiro atoms. The molecule has 1 aromatic carbocycles. The molecule has 0 unspecified atom stereocenters. The summed E-state index contributed by atoms with van der Waals surface area (Å²) in [5.74, 6) is -3.45. The molecule has 4 N–H and O–H groups in total. The summed E-state index contributed by atoms with van der Waals surface area (Å²) in [6.07, 6.45) is -1.19. The molecule has 3 fully saturated rings. The van der Waals surface area contributed by atoms with Crippen molar-refractivity contribution < 1.29 is 47.7 Å². The number of aromatic hydroxyl groups is 2. The van der Waals surface area contributed by atoms with Gasteiger partial charge in [-0.2, -0.15) is 0 Å². The first kappa shape index (κ1) is 22.6.